The Morgan fingerprint density at radius 3 is 2.69 bits per heavy atom. The van der Waals surface area contributed by atoms with Crippen LogP contribution in [0.15, 0.2) is 18.2 Å². The van der Waals surface area contributed by atoms with Crippen LogP contribution < -0.4 is 0 Å². The van der Waals surface area contributed by atoms with Crippen molar-refractivity contribution in [1.29, 1.82) is 0 Å². The molecule has 1 N–H and O–H groups in total. The summed E-state index contributed by atoms with van der Waals surface area (Å²) in [5, 5.41) is 8.56. The topological polar surface area (TPSA) is 74.7 Å². The molecule has 1 aromatic carbocycles. The molecular formula is C11H9NO4. The predicted molar refractivity (Wildman–Crippen MR) is 54.2 cm³/mol. The van der Waals surface area contributed by atoms with Crippen molar-refractivity contribution in [3.8, 4) is 0 Å². The molecule has 1 aromatic rings. The summed E-state index contributed by atoms with van der Waals surface area (Å²) in [6, 6.07) is 4.40. The van der Waals surface area contributed by atoms with Crippen molar-refractivity contribution >= 4 is 17.7 Å². The van der Waals surface area contributed by atoms with E-state index >= 15 is 0 Å². The second kappa shape index (κ2) is 3.44. The minimum absolute atomic E-state index is 0.0369. The fourth-order valence-electron chi connectivity index (χ4n) is 1.71. The lowest BCUT2D eigenvalue weighted by molar-refractivity contribution is -0.131. The van der Waals surface area contributed by atoms with Gasteiger partial charge < -0.3 is 10.0 Å². The number of ketones is 1. The summed E-state index contributed by atoms with van der Waals surface area (Å²) in [4.78, 5) is 34.8. The number of Topliss-reactive ketones (excluding diaryl/α,β-unsaturated/α-hetero) is 1. The summed E-state index contributed by atoms with van der Waals surface area (Å²) in [6.45, 7) is 0.496. The van der Waals surface area contributed by atoms with Crippen molar-refractivity contribution in [3.63, 3.8) is 0 Å². The Labute approximate surface area is 91.3 Å². The normalized spacial score (nSPS) is 13.8. The van der Waals surface area contributed by atoms with E-state index in [0.717, 1.165) is 5.56 Å². The van der Waals surface area contributed by atoms with E-state index in [0.29, 0.717) is 12.1 Å². The van der Waals surface area contributed by atoms with Crippen LogP contribution in [0.3, 0.4) is 0 Å². The molecule has 0 saturated carbocycles. The minimum Gasteiger partial charge on any atom is -0.475 e. The van der Waals surface area contributed by atoms with Crippen LogP contribution in [0, 0.1) is 0 Å². The Kier molecular flexibility index (Phi) is 2.23. The zero-order valence-electron chi connectivity index (χ0n) is 8.56. The number of hydrogen-bond donors (Lipinski definition) is 1. The third kappa shape index (κ3) is 1.46. The van der Waals surface area contributed by atoms with Crippen LogP contribution in [0.2, 0.25) is 0 Å². The van der Waals surface area contributed by atoms with Gasteiger partial charge in [0.1, 0.15) is 0 Å². The van der Waals surface area contributed by atoms with E-state index in [4.69, 9.17) is 5.11 Å². The fraction of sp³-hybridized carbons (Fsp3) is 0.182. The second-order valence-electron chi connectivity index (χ2n) is 3.67. The van der Waals surface area contributed by atoms with Gasteiger partial charge in [0.25, 0.3) is 11.7 Å². The fourth-order valence-corrected chi connectivity index (χ4v) is 1.71. The number of amides is 1. The first-order valence-corrected chi connectivity index (χ1v) is 4.66. The first kappa shape index (κ1) is 10.4. The highest BCUT2D eigenvalue weighted by atomic mass is 16.4. The number of carboxylic acid groups (broad SMARTS) is 1. The molecule has 0 spiro atoms. The Morgan fingerprint density at radius 1 is 1.38 bits per heavy atom. The van der Waals surface area contributed by atoms with Gasteiger partial charge in [-0.15, -0.1) is 0 Å². The molecule has 16 heavy (non-hydrogen) atoms. The number of benzene rings is 1. The molecule has 1 aliphatic heterocycles. The van der Waals surface area contributed by atoms with E-state index in [-0.39, 0.29) is 11.5 Å². The van der Waals surface area contributed by atoms with Gasteiger partial charge in [-0.2, -0.15) is 0 Å². The number of carbonyl (C=O) groups is 3. The van der Waals surface area contributed by atoms with Crippen molar-refractivity contribution in [1.82, 2.24) is 4.90 Å². The van der Waals surface area contributed by atoms with E-state index in [1.165, 1.54) is 17.0 Å². The number of nitrogens with zero attached hydrogens (tertiary/aromatic N) is 1. The Hall–Kier alpha value is -2.17. The van der Waals surface area contributed by atoms with Crippen molar-refractivity contribution in [2.45, 2.75) is 6.54 Å². The number of carboxylic acids is 1. The lowest BCUT2D eigenvalue weighted by Crippen LogP contribution is -2.18. The lowest BCUT2D eigenvalue weighted by Gasteiger charge is -2.04. The van der Waals surface area contributed by atoms with Crippen LogP contribution in [0.5, 0.6) is 0 Å². The van der Waals surface area contributed by atoms with Crippen LogP contribution in [0.25, 0.3) is 0 Å². The van der Waals surface area contributed by atoms with Gasteiger partial charge in [0.2, 0.25) is 0 Å². The standard InChI is InChI=1S/C11H9NO4/c1-12-5-7-3-2-6(9(13)11(15)16)4-8(7)10(12)14/h2-4H,5H2,1H3,(H,15,16). The van der Waals surface area contributed by atoms with Crippen molar-refractivity contribution < 1.29 is 19.5 Å². The van der Waals surface area contributed by atoms with Crippen LogP contribution in [0.1, 0.15) is 26.3 Å². The number of carbonyl (C=O) groups excluding carboxylic acids is 2. The first-order chi connectivity index (χ1) is 7.50. The van der Waals surface area contributed by atoms with Gasteiger partial charge in [-0.05, 0) is 11.6 Å². The van der Waals surface area contributed by atoms with Crippen molar-refractivity contribution in [3.05, 3.63) is 34.9 Å². The molecule has 0 atom stereocenters. The van der Waals surface area contributed by atoms with Gasteiger partial charge >= 0.3 is 5.97 Å². The maximum atomic E-state index is 11.6. The van der Waals surface area contributed by atoms with Crippen LogP contribution >= 0.6 is 0 Å². The highest BCUT2D eigenvalue weighted by molar-refractivity contribution is 6.40. The zero-order chi connectivity index (χ0) is 11.9. The Bertz CT molecular complexity index is 507. The summed E-state index contributed by atoms with van der Waals surface area (Å²) < 4.78 is 0. The third-order valence-electron chi connectivity index (χ3n) is 2.55. The van der Waals surface area contributed by atoms with Gasteiger partial charge in [0.05, 0.1) is 0 Å². The molecule has 5 heteroatoms. The van der Waals surface area contributed by atoms with Crippen LogP contribution in [0.4, 0.5) is 0 Å². The summed E-state index contributed by atoms with van der Waals surface area (Å²) >= 11 is 0. The van der Waals surface area contributed by atoms with Gasteiger partial charge in [-0.25, -0.2) is 4.79 Å². The number of hydrogen-bond acceptors (Lipinski definition) is 3. The first-order valence-electron chi connectivity index (χ1n) is 4.66. The molecule has 1 amide bonds. The average Bonchev–Trinajstić information content (AvgIpc) is 2.53. The molecule has 0 aromatic heterocycles. The van der Waals surface area contributed by atoms with Gasteiger partial charge in [0, 0.05) is 24.7 Å². The van der Waals surface area contributed by atoms with Crippen LogP contribution in [-0.2, 0) is 11.3 Å². The third-order valence-corrected chi connectivity index (χ3v) is 2.55. The molecular weight excluding hydrogens is 210 g/mol. The summed E-state index contributed by atoms with van der Waals surface area (Å²) in [7, 11) is 1.65. The van der Waals surface area contributed by atoms with Crippen LogP contribution in [-0.4, -0.2) is 34.7 Å². The molecule has 0 aliphatic carbocycles. The molecule has 0 bridgehead atoms. The highest BCUT2D eigenvalue weighted by Gasteiger charge is 2.26. The average molecular weight is 219 g/mol. The molecule has 5 nitrogen and oxygen atoms in total. The predicted octanol–water partition coefficient (Wildman–Crippen LogP) is 0.540. The van der Waals surface area contributed by atoms with E-state index in [2.05, 4.69) is 0 Å². The molecule has 0 radical (unpaired) electrons. The highest BCUT2D eigenvalue weighted by Crippen LogP contribution is 2.22. The van der Waals surface area contributed by atoms with E-state index < -0.39 is 11.8 Å². The second-order valence-corrected chi connectivity index (χ2v) is 3.67. The number of fused-ring (bicyclic) bond motifs is 1. The van der Waals surface area contributed by atoms with Gasteiger partial charge in [0.15, 0.2) is 0 Å². The monoisotopic (exact) mass is 219 g/mol. The molecule has 0 fully saturated rings. The Balaban J connectivity index is 2.45. The summed E-state index contributed by atoms with van der Waals surface area (Å²) in [5.74, 6) is -2.70. The number of rotatable bonds is 2. The van der Waals surface area contributed by atoms with E-state index in [1.54, 1.807) is 13.1 Å². The molecule has 0 saturated heterocycles. The zero-order valence-corrected chi connectivity index (χ0v) is 8.56. The largest absolute Gasteiger partial charge is 0.475 e. The maximum Gasteiger partial charge on any atom is 0.377 e. The maximum absolute atomic E-state index is 11.6. The lowest BCUT2D eigenvalue weighted by atomic mass is 10.0. The minimum atomic E-state index is -1.52. The summed E-state index contributed by atoms with van der Waals surface area (Å²) in [5.41, 5.74) is 1.26. The molecule has 1 heterocycles. The Morgan fingerprint density at radius 2 is 2.06 bits per heavy atom. The van der Waals surface area contributed by atoms with E-state index in [9.17, 15) is 14.4 Å². The van der Waals surface area contributed by atoms with E-state index in [1.807, 2.05) is 0 Å². The van der Waals surface area contributed by atoms with Crippen molar-refractivity contribution in [2.24, 2.45) is 0 Å². The SMILES string of the molecule is CN1Cc2ccc(C(=O)C(=O)O)cc2C1=O. The molecule has 2 rings (SSSR count). The smallest absolute Gasteiger partial charge is 0.377 e. The van der Waals surface area contributed by atoms with Crippen molar-refractivity contribution in [2.75, 3.05) is 7.05 Å². The summed E-state index contributed by atoms with van der Waals surface area (Å²) in [6.07, 6.45) is 0. The number of aliphatic carboxylic acids is 1. The molecule has 0 unspecified atom stereocenters. The molecule has 82 valence electrons. The molecule has 1 aliphatic rings. The van der Waals surface area contributed by atoms with Gasteiger partial charge in [-0.3, -0.25) is 9.59 Å². The van der Waals surface area contributed by atoms with Gasteiger partial charge in [-0.1, -0.05) is 12.1 Å². The quantitative estimate of drug-likeness (QED) is 0.582.